The van der Waals surface area contributed by atoms with E-state index in [0.717, 1.165) is 18.4 Å². The van der Waals surface area contributed by atoms with E-state index in [1.54, 1.807) is 14.0 Å². The van der Waals surface area contributed by atoms with Crippen LogP contribution in [0.5, 0.6) is 0 Å². The van der Waals surface area contributed by atoms with Gasteiger partial charge in [-0.2, -0.15) is 22.3 Å². The summed E-state index contributed by atoms with van der Waals surface area (Å²) in [4.78, 5) is 0. The van der Waals surface area contributed by atoms with Crippen molar-refractivity contribution in [3.63, 3.8) is 0 Å². The van der Waals surface area contributed by atoms with Crippen molar-refractivity contribution in [1.82, 2.24) is 8.61 Å². The van der Waals surface area contributed by atoms with Gasteiger partial charge in [0.05, 0.1) is 12.0 Å². The van der Waals surface area contributed by atoms with E-state index in [2.05, 4.69) is 6.07 Å². The third kappa shape index (κ3) is 4.41. The van der Waals surface area contributed by atoms with Gasteiger partial charge in [-0.05, 0) is 25.3 Å². The fourth-order valence-corrected chi connectivity index (χ4v) is 4.38. The number of hydrogen-bond acceptors (Lipinski definition) is 3. The maximum absolute atomic E-state index is 12.7. The Labute approximate surface area is 139 Å². The van der Waals surface area contributed by atoms with Crippen molar-refractivity contribution in [2.75, 3.05) is 20.1 Å². The lowest BCUT2D eigenvalue weighted by molar-refractivity contribution is 0.359. The summed E-state index contributed by atoms with van der Waals surface area (Å²) in [5, 5.41) is 8.88. The summed E-state index contributed by atoms with van der Waals surface area (Å²) in [7, 11) is -1.99. The van der Waals surface area contributed by atoms with Gasteiger partial charge in [-0.3, -0.25) is 0 Å². The number of nitriles is 1. The van der Waals surface area contributed by atoms with Crippen LogP contribution in [-0.2, 0) is 10.2 Å². The molecule has 5 nitrogen and oxygen atoms in total. The molecule has 1 aliphatic heterocycles. The van der Waals surface area contributed by atoms with Crippen molar-refractivity contribution in [1.29, 1.82) is 5.26 Å². The van der Waals surface area contributed by atoms with E-state index < -0.39 is 10.2 Å². The molecule has 1 aromatic carbocycles. The Morgan fingerprint density at radius 2 is 2.13 bits per heavy atom. The molecule has 0 radical (unpaired) electrons. The highest BCUT2D eigenvalue weighted by Gasteiger charge is 2.35. The zero-order valence-electron chi connectivity index (χ0n) is 13.6. The number of nitrogens with zero attached hydrogens (tertiary/aromatic N) is 3. The Balaban J connectivity index is 2.11. The van der Waals surface area contributed by atoms with E-state index in [9.17, 15) is 8.42 Å². The molecule has 2 atom stereocenters. The van der Waals surface area contributed by atoms with Gasteiger partial charge in [0.15, 0.2) is 0 Å². The molecule has 6 heteroatoms. The smallest absolute Gasteiger partial charge is 0.198 e. The van der Waals surface area contributed by atoms with Crippen LogP contribution < -0.4 is 0 Å². The fourth-order valence-electron chi connectivity index (χ4n) is 2.73. The summed E-state index contributed by atoms with van der Waals surface area (Å²) in [5.41, 5.74) is 1.06. The Bertz CT molecular complexity index is 680. The van der Waals surface area contributed by atoms with Crippen molar-refractivity contribution >= 4 is 16.3 Å². The van der Waals surface area contributed by atoms with Crippen LogP contribution in [0.2, 0.25) is 0 Å². The number of hydrogen-bond donors (Lipinski definition) is 0. The molecule has 0 unspecified atom stereocenters. The zero-order chi connectivity index (χ0) is 16.9. The molecular weight excluding hydrogens is 310 g/mol. The average molecular weight is 333 g/mol. The van der Waals surface area contributed by atoms with Gasteiger partial charge in [0.1, 0.15) is 0 Å². The third-order valence-corrected chi connectivity index (χ3v) is 5.98. The monoisotopic (exact) mass is 333 g/mol. The first kappa shape index (κ1) is 17.7. The standard InChI is InChI=1S/C17H23N3O2S/c1-15(13-18)14-19(2)23(21,22)20-12-6-9-17(20)11-10-16-7-4-3-5-8-16/h3-5,7-8,10-11,15,17H,6,9,12,14H2,1-2H3/b11-10+/t15-,17+/m1/s1. The fraction of sp³-hybridized carbons (Fsp3) is 0.471. The summed E-state index contributed by atoms with van der Waals surface area (Å²) in [6, 6.07) is 11.8. The highest BCUT2D eigenvalue weighted by atomic mass is 32.2. The van der Waals surface area contributed by atoms with Crippen LogP contribution in [0.1, 0.15) is 25.3 Å². The molecule has 0 aromatic heterocycles. The highest BCUT2D eigenvalue weighted by molar-refractivity contribution is 7.86. The molecule has 0 aliphatic carbocycles. The Kier molecular flexibility index (Phi) is 5.94. The van der Waals surface area contributed by atoms with Crippen LogP contribution in [0.3, 0.4) is 0 Å². The predicted octanol–water partition coefficient (Wildman–Crippen LogP) is 2.50. The van der Waals surface area contributed by atoms with E-state index in [1.807, 2.05) is 42.5 Å². The maximum atomic E-state index is 12.7. The quantitative estimate of drug-likeness (QED) is 0.803. The van der Waals surface area contributed by atoms with E-state index in [1.165, 1.54) is 8.61 Å². The molecule has 0 spiro atoms. The second-order valence-corrected chi connectivity index (χ2v) is 7.90. The molecule has 1 saturated heterocycles. The largest absolute Gasteiger partial charge is 0.282 e. The SMILES string of the molecule is C[C@H](C#N)CN(C)S(=O)(=O)N1CCC[C@H]1/C=C/c1ccccc1. The molecular formula is C17H23N3O2S. The van der Waals surface area contributed by atoms with E-state index in [0.29, 0.717) is 6.54 Å². The zero-order valence-corrected chi connectivity index (χ0v) is 14.4. The van der Waals surface area contributed by atoms with Gasteiger partial charge in [0.2, 0.25) is 0 Å². The summed E-state index contributed by atoms with van der Waals surface area (Å²) in [5.74, 6) is -0.323. The molecule has 1 heterocycles. The first-order chi connectivity index (χ1) is 10.9. The summed E-state index contributed by atoms with van der Waals surface area (Å²) in [6.07, 6.45) is 5.60. The van der Waals surface area contributed by atoms with Gasteiger partial charge < -0.3 is 0 Å². The van der Waals surface area contributed by atoms with Crippen LogP contribution in [0, 0.1) is 17.2 Å². The summed E-state index contributed by atoms with van der Waals surface area (Å²) < 4.78 is 28.3. The molecule has 0 N–H and O–H groups in total. The lowest BCUT2D eigenvalue weighted by Crippen LogP contribution is -2.45. The molecule has 1 aliphatic rings. The normalized spacial score (nSPS) is 20.9. The number of rotatable bonds is 6. The van der Waals surface area contributed by atoms with Gasteiger partial charge in [0, 0.05) is 26.2 Å². The second-order valence-electron chi connectivity index (χ2n) is 5.91. The minimum absolute atomic E-state index is 0.125. The molecule has 124 valence electrons. The molecule has 0 saturated carbocycles. The van der Waals surface area contributed by atoms with Crippen LogP contribution in [0.15, 0.2) is 36.4 Å². The second kappa shape index (κ2) is 7.73. The van der Waals surface area contributed by atoms with E-state index >= 15 is 0 Å². The Morgan fingerprint density at radius 1 is 1.43 bits per heavy atom. The maximum Gasteiger partial charge on any atom is 0.282 e. The Hall–Kier alpha value is -1.68. The van der Waals surface area contributed by atoms with Crippen LogP contribution in [-0.4, -0.2) is 43.2 Å². The van der Waals surface area contributed by atoms with Crippen LogP contribution in [0.25, 0.3) is 6.08 Å². The van der Waals surface area contributed by atoms with Crippen LogP contribution in [0.4, 0.5) is 0 Å². The molecule has 1 fully saturated rings. The van der Waals surface area contributed by atoms with E-state index in [4.69, 9.17) is 5.26 Å². The first-order valence-electron chi connectivity index (χ1n) is 7.81. The Morgan fingerprint density at radius 3 is 2.78 bits per heavy atom. The van der Waals surface area contributed by atoms with Crippen molar-refractivity contribution in [2.24, 2.45) is 5.92 Å². The van der Waals surface area contributed by atoms with Gasteiger partial charge in [0.25, 0.3) is 10.2 Å². The lowest BCUT2D eigenvalue weighted by atomic mass is 10.1. The van der Waals surface area contributed by atoms with Crippen LogP contribution >= 0.6 is 0 Å². The molecule has 23 heavy (non-hydrogen) atoms. The third-order valence-electron chi connectivity index (χ3n) is 4.00. The molecule has 0 bridgehead atoms. The van der Waals surface area contributed by atoms with Gasteiger partial charge in [-0.1, -0.05) is 42.5 Å². The van der Waals surface area contributed by atoms with Crippen molar-refractivity contribution in [2.45, 2.75) is 25.8 Å². The molecule has 2 rings (SSSR count). The average Bonchev–Trinajstić information content (AvgIpc) is 3.03. The highest BCUT2D eigenvalue weighted by Crippen LogP contribution is 2.24. The lowest BCUT2D eigenvalue weighted by Gasteiger charge is -2.28. The predicted molar refractivity (Wildman–Crippen MR) is 91.5 cm³/mol. The summed E-state index contributed by atoms with van der Waals surface area (Å²) >= 11 is 0. The topological polar surface area (TPSA) is 64.4 Å². The van der Waals surface area contributed by atoms with E-state index in [-0.39, 0.29) is 18.5 Å². The van der Waals surface area contributed by atoms with Gasteiger partial charge in [-0.25, -0.2) is 0 Å². The minimum atomic E-state index is -3.53. The van der Waals surface area contributed by atoms with Crippen molar-refractivity contribution in [3.05, 3.63) is 42.0 Å². The van der Waals surface area contributed by atoms with Crippen molar-refractivity contribution < 1.29 is 8.42 Å². The minimum Gasteiger partial charge on any atom is -0.198 e. The first-order valence-corrected chi connectivity index (χ1v) is 9.21. The summed E-state index contributed by atoms with van der Waals surface area (Å²) in [6.45, 7) is 2.46. The van der Waals surface area contributed by atoms with Gasteiger partial charge in [-0.15, -0.1) is 0 Å². The van der Waals surface area contributed by atoms with Gasteiger partial charge >= 0.3 is 0 Å². The molecule has 1 aromatic rings. The molecule has 0 amide bonds. The van der Waals surface area contributed by atoms with Crippen molar-refractivity contribution in [3.8, 4) is 6.07 Å². The number of benzene rings is 1.